The molecule has 1 aromatic heterocycles. The fourth-order valence-corrected chi connectivity index (χ4v) is 2.80. The van der Waals surface area contributed by atoms with Crippen LogP contribution in [0.15, 0.2) is 34.6 Å². The first-order valence-corrected chi connectivity index (χ1v) is 9.06. The van der Waals surface area contributed by atoms with Crippen LogP contribution in [0.5, 0.6) is 5.75 Å². The van der Waals surface area contributed by atoms with Gasteiger partial charge in [0.25, 0.3) is 0 Å². The van der Waals surface area contributed by atoms with Gasteiger partial charge in [0.15, 0.2) is 11.7 Å². The first kappa shape index (κ1) is 23.8. The van der Waals surface area contributed by atoms with E-state index in [1.807, 2.05) is 6.92 Å². The molecule has 0 aliphatic carbocycles. The Morgan fingerprint density at radius 1 is 1.33 bits per heavy atom. The van der Waals surface area contributed by atoms with E-state index in [4.69, 9.17) is 16.3 Å². The third-order valence-corrected chi connectivity index (χ3v) is 4.09. The molecule has 2 N–H and O–H groups in total. The van der Waals surface area contributed by atoms with Gasteiger partial charge in [-0.25, -0.2) is 9.98 Å². The van der Waals surface area contributed by atoms with E-state index < -0.39 is 11.9 Å². The summed E-state index contributed by atoms with van der Waals surface area (Å²) in [7, 11) is 0. The number of aromatic nitrogens is 1. The van der Waals surface area contributed by atoms with Crippen LogP contribution >= 0.6 is 46.9 Å². The van der Waals surface area contributed by atoms with Crippen molar-refractivity contribution in [1.29, 1.82) is 0 Å². The summed E-state index contributed by atoms with van der Waals surface area (Å²) >= 11 is 6.81. The Balaban J connectivity index is 0.00000364. The van der Waals surface area contributed by atoms with Crippen molar-refractivity contribution in [2.24, 2.45) is 4.99 Å². The lowest BCUT2D eigenvalue weighted by molar-refractivity contribution is -0.140. The van der Waals surface area contributed by atoms with E-state index in [1.54, 1.807) is 24.3 Å². The zero-order chi connectivity index (χ0) is 19.0. The first-order valence-electron chi connectivity index (χ1n) is 7.80. The maximum Gasteiger partial charge on any atom is 0.434 e. The Hall–Kier alpha value is -1.27. The van der Waals surface area contributed by atoms with Crippen LogP contribution in [0, 0.1) is 0 Å². The number of aliphatic imine (C=N–C) groups is 1. The SMILES string of the molecule is CCNC(=NCc1nc(C(F)(F)F)cs1)NCCOc1cccc(Cl)c1.I. The minimum atomic E-state index is -4.43. The van der Waals surface area contributed by atoms with Crippen molar-refractivity contribution >= 4 is 52.9 Å². The smallest absolute Gasteiger partial charge is 0.434 e. The van der Waals surface area contributed by atoms with E-state index in [0.29, 0.717) is 41.4 Å². The van der Waals surface area contributed by atoms with Gasteiger partial charge in [-0.1, -0.05) is 17.7 Å². The van der Waals surface area contributed by atoms with Crippen LogP contribution in [-0.4, -0.2) is 30.6 Å². The van der Waals surface area contributed by atoms with Crippen LogP contribution in [0.4, 0.5) is 13.2 Å². The number of benzene rings is 1. The molecule has 150 valence electrons. The monoisotopic (exact) mass is 534 g/mol. The molecule has 1 heterocycles. The molecule has 0 saturated carbocycles. The topological polar surface area (TPSA) is 58.5 Å². The molecule has 0 radical (unpaired) electrons. The largest absolute Gasteiger partial charge is 0.492 e. The number of rotatable bonds is 7. The van der Waals surface area contributed by atoms with E-state index >= 15 is 0 Å². The predicted octanol–water partition coefficient (Wildman–Crippen LogP) is 4.57. The Morgan fingerprint density at radius 2 is 2.11 bits per heavy atom. The van der Waals surface area contributed by atoms with Crippen molar-refractivity contribution in [2.75, 3.05) is 19.7 Å². The second kappa shape index (κ2) is 11.5. The maximum absolute atomic E-state index is 12.6. The van der Waals surface area contributed by atoms with Gasteiger partial charge in [-0.15, -0.1) is 35.3 Å². The summed E-state index contributed by atoms with van der Waals surface area (Å²) in [6.07, 6.45) is -4.43. The average Bonchev–Trinajstić information content (AvgIpc) is 3.06. The van der Waals surface area contributed by atoms with Crippen LogP contribution in [-0.2, 0) is 12.7 Å². The molecule has 2 rings (SSSR count). The molecule has 5 nitrogen and oxygen atoms in total. The number of nitrogens with one attached hydrogen (secondary N) is 2. The number of halogens is 5. The van der Waals surface area contributed by atoms with Crippen molar-refractivity contribution < 1.29 is 17.9 Å². The van der Waals surface area contributed by atoms with E-state index in [1.165, 1.54) is 0 Å². The Labute approximate surface area is 181 Å². The van der Waals surface area contributed by atoms with Crippen LogP contribution in [0.25, 0.3) is 0 Å². The molecule has 2 aromatic rings. The lowest BCUT2D eigenvalue weighted by Gasteiger charge is -2.12. The van der Waals surface area contributed by atoms with Gasteiger partial charge in [0.2, 0.25) is 0 Å². The molecule has 0 aliphatic heterocycles. The highest BCUT2D eigenvalue weighted by atomic mass is 127. The average molecular weight is 535 g/mol. The number of hydrogen-bond donors (Lipinski definition) is 2. The second-order valence-electron chi connectivity index (χ2n) is 5.05. The van der Waals surface area contributed by atoms with Crippen molar-refractivity contribution in [3.05, 3.63) is 45.4 Å². The zero-order valence-electron chi connectivity index (χ0n) is 14.3. The van der Waals surface area contributed by atoms with Gasteiger partial charge >= 0.3 is 6.18 Å². The highest BCUT2D eigenvalue weighted by molar-refractivity contribution is 14.0. The normalized spacial score (nSPS) is 11.7. The summed E-state index contributed by atoms with van der Waals surface area (Å²) < 4.78 is 43.2. The summed E-state index contributed by atoms with van der Waals surface area (Å²) in [5.41, 5.74) is -0.888. The summed E-state index contributed by atoms with van der Waals surface area (Å²) in [5.74, 6) is 1.13. The van der Waals surface area contributed by atoms with E-state index in [2.05, 4.69) is 20.6 Å². The predicted molar refractivity (Wildman–Crippen MR) is 112 cm³/mol. The highest BCUT2D eigenvalue weighted by Gasteiger charge is 2.33. The van der Waals surface area contributed by atoms with Crippen LogP contribution < -0.4 is 15.4 Å². The van der Waals surface area contributed by atoms with Gasteiger partial charge in [-0.2, -0.15) is 13.2 Å². The number of alkyl halides is 3. The molecule has 0 atom stereocenters. The fraction of sp³-hybridized carbons (Fsp3) is 0.375. The molecule has 0 amide bonds. The minimum absolute atomic E-state index is 0. The Kier molecular flexibility index (Phi) is 10.2. The third kappa shape index (κ3) is 8.52. The molecule has 0 spiro atoms. The van der Waals surface area contributed by atoms with Gasteiger partial charge in [0.05, 0.1) is 13.1 Å². The van der Waals surface area contributed by atoms with Gasteiger partial charge < -0.3 is 15.4 Å². The number of hydrogen-bond acceptors (Lipinski definition) is 4. The summed E-state index contributed by atoms with van der Waals surface area (Å²) in [4.78, 5) is 7.79. The van der Waals surface area contributed by atoms with E-state index in [9.17, 15) is 13.2 Å². The van der Waals surface area contributed by atoms with Crippen LogP contribution in [0.2, 0.25) is 5.02 Å². The van der Waals surface area contributed by atoms with Crippen molar-refractivity contribution in [2.45, 2.75) is 19.6 Å². The lowest BCUT2D eigenvalue weighted by Crippen LogP contribution is -2.39. The number of guanidine groups is 1. The van der Waals surface area contributed by atoms with Gasteiger partial charge in [0.1, 0.15) is 17.4 Å². The quantitative estimate of drug-likeness (QED) is 0.237. The molecular weight excluding hydrogens is 516 g/mol. The molecule has 27 heavy (non-hydrogen) atoms. The van der Waals surface area contributed by atoms with Crippen molar-refractivity contribution in [3.63, 3.8) is 0 Å². The number of ether oxygens (including phenoxy) is 1. The zero-order valence-corrected chi connectivity index (χ0v) is 18.2. The van der Waals surface area contributed by atoms with Gasteiger partial charge in [-0.05, 0) is 25.1 Å². The Morgan fingerprint density at radius 3 is 2.74 bits per heavy atom. The molecule has 11 heteroatoms. The lowest BCUT2D eigenvalue weighted by atomic mass is 10.3. The minimum Gasteiger partial charge on any atom is -0.492 e. The maximum atomic E-state index is 12.6. The van der Waals surface area contributed by atoms with E-state index in [-0.39, 0.29) is 30.5 Å². The fourth-order valence-electron chi connectivity index (χ4n) is 1.90. The second-order valence-corrected chi connectivity index (χ2v) is 6.43. The molecule has 0 saturated heterocycles. The molecular formula is C16H19ClF3IN4OS. The highest BCUT2D eigenvalue weighted by Crippen LogP contribution is 2.30. The van der Waals surface area contributed by atoms with Gasteiger partial charge in [-0.3, -0.25) is 0 Å². The van der Waals surface area contributed by atoms with Crippen molar-refractivity contribution in [1.82, 2.24) is 15.6 Å². The van der Waals surface area contributed by atoms with Gasteiger partial charge in [0, 0.05) is 16.9 Å². The molecule has 0 bridgehead atoms. The third-order valence-electron chi connectivity index (χ3n) is 3.02. The molecule has 0 fully saturated rings. The standard InChI is InChI=1S/C16H18ClF3N4OS.HI/c1-2-21-15(22-6-7-25-12-5-3-4-11(17)8-12)23-9-14-24-13(10-26-14)16(18,19)20;/h3-5,8,10H,2,6-7,9H2,1H3,(H2,21,22,23);1H. The summed E-state index contributed by atoms with van der Waals surface area (Å²) in [6.45, 7) is 3.41. The number of thiazole rings is 1. The summed E-state index contributed by atoms with van der Waals surface area (Å²) in [6, 6.07) is 7.05. The summed E-state index contributed by atoms with van der Waals surface area (Å²) in [5, 5.41) is 7.94. The molecule has 0 unspecified atom stereocenters. The molecule has 0 aliphatic rings. The van der Waals surface area contributed by atoms with Crippen molar-refractivity contribution in [3.8, 4) is 5.75 Å². The Bertz CT molecular complexity index is 742. The van der Waals surface area contributed by atoms with E-state index in [0.717, 1.165) is 16.7 Å². The molecule has 1 aromatic carbocycles. The van der Waals surface area contributed by atoms with Crippen LogP contribution in [0.1, 0.15) is 17.6 Å². The number of nitrogens with zero attached hydrogens (tertiary/aromatic N) is 2. The van der Waals surface area contributed by atoms with Crippen LogP contribution in [0.3, 0.4) is 0 Å². The first-order chi connectivity index (χ1) is 12.4.